The highest BCUT2D eigenvalue weighted by Crippen LogP contribution is 2.23. The van der Waals surface area contributed by atoms with Gasteiger partial charge in [-0.3, -0.25) is 0 Å². The molecule has 0 heterocycles. The fourth-order valence-corrected chi connectivity index (χ4v) is 1.45. The fourth-order valence-electron chi connectivity index (χ4n) is 1.29. The summed E-state index contributed by atoms with van der Waals surface area (Å²) in [6, 6.07) is 3.67. The molecule has 0 amide bonds. The van der Waals surface area contributed by atoms with E-state index in [0.29, 0.717) is 5.56 Å². The Balaban J connectivity index is 2.90. The maximum Gasteiger partial charge on any atom is 0.405 e. The number of nitrogens with zero attached hydrogens (tertiary/aromatic N) is 1. The predicted molar refractivity (Wildman–Crippen MR) is 55.3 cm³/mol. The van der Waals surface area contributed by atoms with E-state index >= 15 is 0 Å². The molecular weight excluding hydrogens is 246 g/mol. The zero-order valence-corrected chi connectivity index (χ0v) is 9.24. The lowest BCUT2D eigenvalue weighted by atomic mass is 10.2. The lowest BCUT2D eigenvalue weighted by Crippen LogP contribution is -2.30. The van der Waals surface area contributed by atoms with Crippen LogP contribution in [0.1, 0.15) is 5.56 Å². The first-order valence-electron chi connectivity index (χ1n) is 4.45. The minimum atomic E-state index is -4.32. The van der Waals surface area contributed by atoms with E-state index in [1.807, 2.05) is 0 Å². The summed E-state index contributed by atoms with van der Waals surface area (Å²) in [7, 11) is 1.25. The second-order valence-electron chi connectivity index (χ2n) is 3.42. The normalized spacial score (nSPS) is 11.6. The van der Waals surface area contributed by atoms with Crippen LogP contribution in [0.2, 0.25) is 0 Å². The smallest absolute Gasteiger partial charge is 0.366 e. The molecule has 0 radical (unpaired) electrons. The molecule has 0 spiro atoms. The standard InChI is InChI=1S/C10H10ClF4N/c1-16(6-10(13,14)15)9-3-7(5-11)2-8(12)4-9/h2-4H,5-6H2,1H3. The predicted octanol–water partition coefficient (Wildman–Crippen LogP) is 3.56. The topological polar surface area (TPSA) is 3.24 Å². The van der Waals surface area contributed by atoms with Crippen LogP contribution < -0.4 is 4.90 Å². The number of alkyl halides is 4. The molecule has 0 unspecified atom stereocenters. The SMILES string of the molecule is CN(CC(F)(F)F)c1cc(F)cc(CCl)c1. The van der Waals surface area contributed by atoms with Crippen molar-refractivity contribution in [1.82, 2.24) is 0 Å². The van der Waals surface area contributed by atoms with Crippen molar-refractivity contribution in [3.05, 3.63) is 29.6 Å². The second kappa shape index (κ2) is 4.91. The van der Waals surface area contributed by atoms with Gasteiger partial charge in [0.2, 0.25) is 0 Å². The minimum Gasteiger partial charge on any atom is -0.366 e. The average molecular weight is 256 g/mol. The lowest BCUT2D eigenvalue weighted by molar-refractivity contribution is -0.119. The van der Waals surface area contributed by atoms with Gasteiger partial charge in [-0.15, -0.1) is 11.6 Å². The maximum atomic E-state index is 13.0. The maximum absolute atomic E-state index is 13.0. The summed E-state index contributed by atoms with van der Waals surface area (Å²) < 4.78 is 49.4. The van der Waals surface area contributed by atoms with E-state index < -0.39 is 18.5 Å². The molecule has 1 aromatic carbocycles. The van der Waals surface area contributed by atoms with E-state index in [2.05, 4.69) is 0 Å². The minimum absolute atomic E-state index is 0.0601. The van der Waals surface area contributed by atoms with Crippen molar-refractivity contribution in [3.8, 4) is 0 Å². The Kier molecular flexibility index (Phi) is 4.02. The second-order valence-corrected chi connectivity index (χ2v) is 3.69. The molecule has 6 heteroatoms. The first-order valence-corrected chi connectivity index (χ1v) is 4.98. The van der Waals surface area contributed by atoms with Crippen molar-refractivity contribution in [2.45, 2.75) is 12.1 Å². The third-order valence-electron chi connectivity index (χ3n) is 1.95. The molecule has 0 saturated heterocycles. The Labute approximate surface area is 95.6 Å². The molecule has 0 atom stereocenters. The van der Waals surface area contributed by atoms with Crippen LogP contribution in [0, 0.1) is 5.82 Å². The fraction of sp³-hybridized carbons (Fsp3) is 0.400. The first kappa shape index (κ1) is 13.1. The van der Waals surface area contributed by atoms with Gasteiger partial charge in [0.05, 0.1) is 0 Å². The summed E-state index contributed by atoms with van der Waals surface area (Å²) in [6.45, 7) is -1.13. The van der Waals surface area contributed by atoms with Crippen molar-refractivity contribution >= 4 is 17.3 Å². The van der Waals surface area contributed by atoms with E-state index in [1.165, 1.54) is 19.2 Å². The lowest BCUT2D eigenvalue weighted by Gasteiger charge is -2.21. The highest BCUT2D eigenvalue weighted by atomic mass is 35.5. The molecule has 0 aliphatic rings. The van der Waals surface area contributed by atoms with Gasteiger partial charge in [0.1, 0.15) is 12.4 Å². The van der Waals surface area contributed by atoms with E-state index in [4.69, 9.17) is 11.6 Å². The van der Waals surface area contributed by atoms with Gasteiger partial charge < -0.3 is 4.90 Å². The number of halogens is 5. The van der Waals surface area contributed by atoms with Crippen LogP contribution in [0.5, 0.6) is 0 Å². The van der Waals surface area contributed by atoms with Gasteiger partial charge in [-0.1, -0.05) is 0 Å². The molecule has 0 fully saturated rings. The van der Waals surface area contributed by atoms with E-state index in [-0.39, 0.29) is 11.6 Å². The van der Waals surface area contributed by atoms with Crippen LogP contribution in [-0.2, 0) is 5.88 Å². The molecule has 0 saturated carbocycles. The Bertz CT molecular complexity index is 364. The van der Waals surface area contributed by atoms with Crippen molar-refractivity contribution in [3.63, 3.8) is 0 Å². The highest BCUT2D eigenvalue weighted by molar-refractivity contribution is 6.17. The Morgan fingerprint density at radius 2 is 1.88 bits per heavy atom. The molecule has 1 rings (SSSR count). The highest BCUT2D eigenvalue weighted by Gasteiger charge is 2.29. The first-order chi connectivity index (χ1) is 7.31. The molecule has 0 bridgehead atoms. The average Bonchev–Trinajstić information content (AvgIpc) is 2.14. The van der Waals surface area contributed by atoms with Gasteiger partial charge in [0, 0.05) is 18.6 Å². The molecular formula is C10H10ClF4N. The number of anilines is 1. The van der Waals surface area contributed by atoms with Crippen molar-refractivity contribution in [2.24, 2.45) is 0 Å². The van der Waals surface area contributed by atoms with Crippen LogP contribution in [0.15, 0.2) is 18.2 Å². The molecule has 16 heavy (non-hydrogen) atoms. The number of hydrogen-bond donors (Lipinski definition) is 0. The van der Waals surface area contributed by atoms with E-state index in [1.54, 1.807) is 0 Å². The molecule has 1 nitrogen and oxygen atoms in total. The third kappa shape index (κ3) is 3.89. The van der Waals surface area contributed by atoms with Gasteiger partial charge in [0.25, 0.3) is 0 Å². The number of rotatable bonds is 3. The van der Waals surface area contributed by atoms with Crippen molar-refractivity contribution in [1.29, 1.82) is 0 Å². The molecule has 1 aromatic rings. The van der Waals surface area contributed by atoms with Crippen LogP contribution >= 0.6 is 11.6 Å². The molecule has 90 valence electrons. The van der Waals surface area contributed by atoms with E-state index in [9.17, 15) is 17.6 Å². The van der Waals surface area contributed by atoms with E-state index in [0.717, 1.165) is 11.0 Å². The summed E-state index contributed by atoms with van der Waals surface area (Å²) in [5.74, 6) is -0.535. The van der Waals surface area contributed by atoms with Gasteiger partial charge in [-0.2, -0.15) is 13.2 Å². The summed E-state index contributed by atoms with van der Waals surface area (Å²) >= 11 is 5.50. The zero-order valence-electron chi connectivity index (χ0n) is 8.48. The monoisotopic (exact) mass is 255 g/mol. The number of hydrogen-bond acceptors (Lipinski definition) is 1. The molecule has 0 N–H and O–H groups in total. The Hall–Kier alpha value is -0.970. The Morgan fingerprint density at radius 3 is 2.38 bits per heavy atom. The summed E-state index contributed by atoms with van der Waals surface area (Å²) in [5, 5.41) is 0. The van der Waals surface area contributed by atoms with Gasteiger partial charge in [-0.25, -0.2) is 4.39 Å². The molecule has 0 aliphatic heterocycles. The summed E-state index contributed by atoms with van der Waals surface area (Å²) in [6.07, 6.45) is -4.32. The van der Waals surface area contributed by atoms with Crippen LogP contribution in [0.4, 0.5) is 23.2 Å². The van der Waals surface area contributed by atoms with Crippen LogP contribution in [-0.4, -0.2) is 19.8 Å². The largest absolute Gasteiger partial charge is 0.405 e. The third-order valence-corrected chi connectivity index (χ3v) is 2.26. The quantitative estimate of drug-likeness (QED) is 0.590. The molecule has 0 aliphatic carbocycles. The summed E-state index contributed by atoms with van der Waals surface area (Å²) in [4.78, 5) is 0.930. The van der Waals surface area contributed by atoms with Crippen LogP contribution in [0.3, 0.4) is 0 Å². The van der Waals surface area contributed by atoms with Crippen molar-refractivity contribution < 1.29 is 17.6 Å². The Morgan fingerprint density at radius 1 is 1.25 bits per heavy atom. The van der Waals surface area contributed by atoms with Crippen molar-refractivity contribution in [2.75, 3.05) is 18.5 Å². The zero-order chi connectivity index (χ0) is 12.3. The number of benzene rings is 1. The van der Waals surface area contributed by atoms with Crippen LogP contribution in [0.25, 0.3) is 0 Å². The van der Waals surface area contributed by atoms with Gasteiger partial charge in [0.15, 0.2) is 0 Å². The molecule has 0 aromatic heterocycles. The summed E-state index contributed by atoms with van der Waals surface area (Å²) in [5.41, 5.74) is 0.610. The van der Waals surface area contributed by atoms with Gasteiger partial charge in [-0.05, 0) is 23.8 Å². The van der Waals surface area contributed by atoms with Gasteiger partial charge >= 0.3 is 6.18 Å².